The van der Waals surface area contributed by atoms with Gasteiger partial charge in [-0.05, 0) is 69.1 Å². The van der Waals surface area contributed by atoms with E-state index < -0.39 is 6.10 Å². The van der Waals surface area contributed by atoms with Crippen molar-refractivity contribution in [2.75, 3.05) is 27.4 Å². The number of quaternary nitrogens is 2. The first-order valence-corrected chi connectivity index (χ1v) is 15.1. The topological polar surface area (TPSA) is 127 Å². The second-order valence-electron chi connectivity index (χ2n) is 11.7. The highest BCUT2D eigenvalue weighted by molar-refractivity contribution is 5.66. The van der Waals surface area contributed by atoms with E-state index in [0.29, 0.717) is 24.4 Å². The first-order chi connectivity index (χ1) is 18.2. The molecule has 0 amide bonds. The zero-order valence-corrected chi connectivity index (χ0v) is 24.7. The van der Waals surface area contributed by atoms with Crippen molar-refractivity contribution in [3.8, 4) is 0 Å². The SMILES string of the molecule is CCCCCC(CC(CCC1CC(CC2CC[NH2+]C(NC[NH2+]C)C2)C(O)C(OC)C1)OC(C)=O)OC(C)=O. The zero-order chi connectivity index (χ0) is 27.9. The maximum absolute atomic E-state index is 11.9. The molecule has 6 N–H and O–H groups in total. The molecule has 8 unspecified atom stereocenters. The quantitative estimate of drug-likeness (QED) is 0.124. The summed E-state index contributed by atoms with van der Waals surface area (Å²) in [4.78, 5) is 23.6. The molecule has 9 nitrogen and oxygen atoms in total. The molecule has 0 aromatic heterocycles. The van der Waals surface area contributed by atoms with E-state index >= 15 is 0 Å². The van der Waals surface area contributed by atoms with Crippen LogP contribution in [0.2, 0.25) is 0 Å². The average molecular weight is 544 g/mol. The fraction of sp³-hybridized carbons (Fsp3) is 0.931. The van der Waals surface area contributed by atoms with Crippen LogP contribution >= 0.6 is 0 Å². The molecule has 0 aromatic carbocycles. The number of rotatable bonds is 17. The minimum Gasteiger partial charge on any atom is -0.462 e. The number of aliphatic hydroxyl groups is 1. The predicted octanol–water partition coefficient (Wildman–Crippen LogP) is 1.43. The van der Waals surface area contributed by atoms with Crippen LogP contribution in [0.15, 0.2) is 0 Å². The van der Waals surface area contributed by atoms with Crippen molar-refractivity contribution in [3.63, 3.8) is 0 Å². The predicted molar refractivity (Wildman–Crippen MR) is 146 cm³/mol. The standard InChI is InChI=1S/C29H55N3O6/c1-6-7-8-9-25(37-20(2)33)18-26(38-21(3)34)11-10-22-14-24(29(35)27(16-22)36-5)15-23-12-13-31-28(17-23)32-19-30-4/h22-32,35H,6-19H2,1-5H3/p+2. The highest BCUT2D eigenvalue weighted by atomic mass is 16.6. The molecule has 9 heteroatoms. The molecule has 0 aromatic rings. The van der Waals surface area contributed by atoms with Gasteiger partial charge in [0.2, 0.25) is 0 Å². The van der Waals surface area contributed by atoms with Crippen molar-refractivity contribution in [2.24, 2.45) is 17.8 Å². The maximum atomic E-state index is 11.9. The third kappa shape index (κ3) is 12.3. The smallest absolute Gasteiger partial charge is 0.302 e. The van der Waals surface area contributed by atoms with Crippen molar-refractivity contribution in [2.45, 2.75) is 128 Å². The molecule has 0 bridgehead atoms. The Bertz CT molecular complexity index is 681. The molecule has 1 saturated carbocycles. The Balaban J connectivity index is 1.97. The number of aliphatic hydroxyl groups excluding tert-OH is 1. The van der Waals surface area contributed by atoms with E-state index in [2.05, 4.69) is 29.9 Å². The van der Waals surface area contributed by atoms with Crippen LogP contribution in [-0.4, -0.2) is 75.0 Å². The van der Waals surface area contributed by atoms with Crippen molar-refractivity contribution in [1.29, 1.82) is 0 Å². The van der Waals surface area contributed by atoms with Gasteiger partial charge in [0.1, 0.15) is 25.0 Å². The van der Waals surface area contributed by atoms with Crippen LogP contribution < -0.4 is 16.0 Å². The fourth-order valence-corrected chi connectivity index (χ4v) is 6.58. The van der Waals surface area contributed by atoms with E-state index in [0.717, 1.165) is 77.4 Å². The number of nitrogens with one attached hydrogen (secondary N) is 1. The lowest BCUT2D eigenvalue weighted by molar-refractivity contribution is -0.716. The van der Waals surface area contributed by atoms with Gasteiger partial charge in [-0.15, -0.1) is 0 Å². The lowest BCUT2D eigenvalue weighted by Gasteiger charge is -2.41. The largest absolute Gasteiger partial charge is 0.462 e. The van der Waals surface area contributed by atoms with Crippen molar-refractivity contribution in [1.82, 2.24) is 5.32 Å². The van der Waals surface area contributed by atoms with Gasteiger partial charge in [0, 0.05) is 33.8 Å². The Morgan fingerprint density at radius 1 is 1.05 bits per heavy atom. The van der Waals surface area contributed by atoms with E-state index in [1.54, 1.807) is 7.11 Å². The van der Waals surface area contributed by atoms with E-state index in [9.17, 15) is 14.7 Å². The summed E-state index contributed by atoms with van der Waals surface area (Å²) in [6, 6.07) is 0. The summed E-state index contributed by atoms with van der Waals surface area (Å²) in [6.45, 7) is 7.08. The third-order valence-electron chi connectivity index (χ3n) is 8.42. The minimum absolute atomic E-state index is 0.160. The number of carbonyl (C=O) groups excluding carboxylic acids is 2. The van der Waals surface area contributed by atoms with Gasteiger partial charge in [-0.3, -0.25) is 9.59 Å². The van der Waals surface area contributed by atoms with Crippen LogP contribution in [0.4, 0.5) is 0 Å². The Labute approximate surface area is 230 Å². The van der Waals surface area contributed by atoms with E-state index in [-0.39, 0.29) is 36.2 Å². The summed E-state index contributed by atoms with van der Waals surface area (Å²) in [5, 5.41) is 19.3. The molecule has 0 radical (unpaired) electrons. The Hall–Kier alpha value is -1.26. The van der Waals surface area contributed by atoms with Gasteiger partial charge in [-0.2, -0.15) is 0 Å². The molecule has 1 aliphatic heterocycles. The number of esters is 2. The monoisotopic (exact) mass is 543 g/mol. The van der Waals surface area contributed by atoms with E-state index in [1.807, 2.05) is 0 Å². The summed E-state index contributed by atoms with van der Waals surface area (Å²) in [7, 11) is 3.78. The molecule has 8 atom stereocenters. The molecule has 2 fully saturated rings. The summed E-state index contributed by atoms with van der Waals surface area (Å²) < 4.78 is 17.0. The lowest BCUT2D eigenvalue weighted by Crippen LogP contribution is -2.97. The summed E-state index contributed by atoms with van der Waals surface area (Å²) in [5.74, 6) is 0.639. The number of nitrogens with two attached hydrogens (primary N) is 2. The van der Waals surface area contributed by atoms with E-state index in [4.69, 9.17) is 14.2 Å². The van der Waals surface area contributed by atoms with Crippen LogP contribution in [0, 0.1) is 17.8 Å². The Kier molecular flexibility index (Phi) is 15.7. The van der Waals surface area contributed by atoms with Crippen molar-refractivity contribution >= 4 is 11.9 Å². The molecule has 0 spiro atoms. The minimum atomic E-state index is -0.436. The Morgan fingerprint density at radius 2 is 1.76 bits per heavy atom. The van der Waals surface area contributed by atoms with Gasteiger partial charge in [0.05, 0.1) is 25.8 Å². The number of unbranched alkanes of at least 4 members (excludes halogenated alkanes) is 2. The molecule has 222 valence electrons. The number of hydrogen-bond donors (Lipinski definition) is 4. The number of piperidine rings is 1. The number of ether oxygens (including phenoxy) is 3. The molecule has 1 heterocycles. The first kappa shape index (κ1) is 32.9. The average Bonchev–Trinajstić information content (AvgIpc) is 2.87. The Morgan fingerprint density at radius 3 is 2.39 bits per heavy atom. The molecule has 2 aliphatic rings. The van der Waals surface area contributed by atoms with Crippen LogP contribution in [0.3, 0.4) is 0 Å². The van der Waals surface area contributed by atoms with Gasteiger partial charge < -0.3 is 30.0 Å². The maximum Gasteiger partial charge on any atom is 0.302 e. The van der Waals surface area contributed by atoms with Gasteiger partial charge in [0.15, 0.2) is 0 Å². The fourth-order valence-electron chi connectivity index (χ4n) is 6.58. The summed E-state index contributed by atoms with van der Waals surface area (Å²) in [6.07, 6.45) is 10.6. The van der Waals surface area contributed by atoms with E-state index in [1.165, 1.54) is 20.3 Å². The first-order valence-electron chi connectivity index (χ1n) is 15.1. The van der Waals surface area contributed by atoms with Crippen molar-refractivity contribution < 1.29 is 39.5 Å². The van der Waals surface area contributed by atoms with Gasteiger partial charge >= 0.3 is 11.9 Å². The zero-order valence-electron chi connectivity index (χ0n) is 24.7. The highest BCUT2D eigenvalue weighted by Crippen LogP contribution is 2.39. The van der Waals surface area contributed by atoms with Crippen molar-refractivity contribution in [3.05, 3.63) is 0 Å². The second kappa shape index (κ2) is 18.2. The summed E-state index contributed by atoms with van der Waals surface area (Å²) >= 11 is 0. The van der Waals surface area contributed by atoms with Crippen LogP contribution in [0.5, 0.6) is 0 Å². The van der Waals surface area contributed by atoms with Crippen LogP contribution in [0.25, 0.3) is 0 Å². The van der Waals surface area contributed by atoms with Gasteiger partial charge in [-0.25, -0.2) is 5.32 Å². The second-order valence-corrected chi connectivity index (χ2v) is 11.7. The molecule has 38 heavy (non-hydrogen) atoms. The number of hydrogen-bond acceptors (Lipinski definition) is 7. The summed E-state index contributed by atoms with van der Waals surface area (Å²) in [5.41, 5.74) is 0. The number of methoxy groups -OCH3 is 1. The molecule has 2 rings (SSSR count). The van der Waals surface area contributed by atoms with Crippen LogP contribution in [0.1, 0.15) is 97.8 Å². The molecular weight excluding hydrogens is 486 g/mol. The molecule has 1 saturated heterocycles. The van der Waals surface area contributed by atoms with Gasteiger partial charge in [0.25, 0.3) is 0 Å². The lowest BCUT2D eigenvalue weighted by atomic mass is 9.71. The third-order valence-corrected chi connectivity index (χ3v) is 8.42. The molecule has 1 aliphatic carbocycles. The van der Waals surface area contributed by atoms with Crippen LogP contribution in [-0.2, 0) is 23.8 Å². The highest BCUT2D eigenvalue weighted by Gasteiger charge is 2.39. The molecular formula is C29H57N3O6+2. The normalized spacial score (nSPS) is 29.4. The van der Waals surface area contributed by atoms with Gasteiger partial charge in [-0.1, -0.05) is 19.8 Å². The number of carbonyl (C=O) groups is 2.